The van der Waals surface area contributed by atoms with Crippen molar-refractivity contribution < 1.29 is 9.53 Å². The van der Waals surface area contributed by atoms with E-state index in [0.29, 0.717) is 0 Å². The molecule has 1 heterocycles. The summed E-state index contributed by atoms with van der Waals surface area (Å²) >= 11 is 0. The summed E-state index contributed by atoms with van der Waals surface area (Å²) in [6.45, 7) is 2.25. The van der Waals surface area contributed by atoms with E-state index in [2.05, 4.69) is 18.8 Å². The lowest BCUT2D eigenvalue weighted by Gasteiger charge is -2.00. The Hall–Kier alpha value is -1.79. The molecule has 2 atom stereocenters. The molecule has 0 aliphatic carbocycles. The van der Waals surface area contributed by atoms with Gasteiger partial charge in [-0.05, 0) is 18.1 Å². The number of carbonyl (C=O) groups excluding carboxylic acids is 1. The predicted octanol–water partition coefficient (Wildman–Crippen LogP) is 4.49. The maximum Gasteiger partial charge on any atom is 0.249 e. The third kappa shape index (κ3) is 6.02. The third-order valence-electron chi connectivity index (χ3n) is 4.42. The van der Waals surface area contributed by atoms with E-state index in [1.807, 2.05) is 24.3 Å². The summed E-state index contributed by atoms with van der Waals surface area (Å²) < 4.78 is 5.36. The number of epoxide rings is 1. The lowest BCUT2D eigenvalue weighted by molar-refractivity contribution is -0.119. The number of benzene rings is 1. The molecule has 1 aliphatic heterocycles. The molecular formula is C21H29NO2. The number of rotatable bonds is 10. The molecule has 3 heteroatoms. The number of amides is 1. The van der Waals surface area contributed by atoms with Crippen LogP contribution in [-0.2, 0) is 9.53 Å². The normalized spacial score (nSPS) is 18.7. The number of hydrogen-bond acceptors (Lipinski definition) is 2. The number of carbonyl (C=O) groups is 1. The van der Waals surface area contributed by atoms with Gasteiger partial charge in [-0.15, -0.1) is 0 Å². The zero-order valence-electron chi connectivity index (χ0n) is 14.7. The van der Waals surface area contributed by atoms with E-state index in [4.69, 9.17) is 10.5 Å². The van der Waals surface area contributed by atoms with Crippen LogP contribution in [0.25, 0.3) is 0 Å². The zero-order valence-corrected chi connectivity index (χ0v) is 14.7. The highest BCUT2D eigenvalue weighted by molar-refractivity contribution is 5.82. The summed E-state index contributed by atoms with van der Waals surface area (Å²) in [4.78, 5) is 11.2. The van der Waals surface area contributed by atoms with Gasteiger partial charge in [0.1, 0.15) is 6.10 Å². The first-order chi connectivity index (χ1) is 11.7. The Morgan fingerprint density at radius 2 is 1.75 bits per heavy atom. The highest BCUT2D eigenvalue weighted by Gasteiger charge is 2.45. The Bertz CT molecular complexity index is 585. The molecule has 1 aromatic carbocycles. The molecule has 0 radical (unpaired) electrons. The minimum absolute atomic E-state index is 0.212. The molecular weight excluding hydrogens is 298 g/mol. The molecule has 0 spiro atoms. The summed E-state index contributed by atoms with van der Waals surface area (Å²) in [7, 11) is 0. The molecule has 24 heavy (non-hydrogen) atoms. The second-order valence-electron chi connectivity index (χ2n) is 6.49. The molecule has 1 fully saturated rings. The van der Waals surface area contributed by atoms with E-state index in [1.54, 1.807) is 0 Å². The summed E-state index contributed by atoms with van der Waals surface area (Å²) in [5, 5.41) is 0. The smallest absolute Gasteiger partial charge is 0.249 e. The lowest BCUT2D eigenvalue weighted by Crippen LogP contribution is -2.18. The molecule has 1 aromatic rings. The molecule has 2 N–H and O–H groups in total. The van der Waals surface area contributed by atoms with E-state index >= 15 is 0 Å². The van der Waals surface area contributed by atoms with Gasteiger partial charge in [-0.1, -0.05) is 81.9 Å². The van der Waals surface area contributed by atoms with Gasteiger partial charge in [-0.2, -0.15) is 0 Å². The predicted molar refractivity (Wildman–Crippen MR) is 97.4 cm³/mol. The van der Waals surface area contributed by atoms with Gasteiger partial charge < -0.3 is 10.5 Å². The van der Waals surface area contributed by atoms with Crippen LogP contribution in [0, 0.1) is 11.8 Å². The number of nitrogens with two attached hydrogens (primary N) is 1. The molecule has 1 saturated heterocycles. The summed E-state index contributed by atoms with van der Waals surface area (Å²) in [5.74, 6) is 6.09. The van der Waals surface area contributed by atoms with E-state index in [0.717, 1.165) is 24.0 Å². The number of ether oxygens (including phenoxy) is 1. The zero-order chi connectivity index (χ0) is 17.2. The Balaban J connectivity index is 1.70. The van der Waals surface area contributed by atoms with Crippen LogP contribution in [0.15, 0.2) is 24.3 Å². The Morgan fingerprint density at radius 1 is 1.08 bits per heavy atom. The largest absolute Gasteiger partial charge is 0.367 e. The van der Waals surface area contributed by atoms with Gasteiger partial charge in [0.15, 0.2) is 6.10 Å². The van der Waals surface area contributed by atoms with Crippen LogP contribution in [0.5, 0.6) is 0 Å². The maximum absolute atomic E-state index is 11.2. The molecule has 0 saturated carbocycles. The summed E-state index contributed by atoms with van der Waals surface area (Å²) in [5.41, 5.74) is 7.21. The van der Waals surface area contributed by atoms with Gasteiger partial charge in [0.05, 0.1) is 0 Å². The van der Waals surface area contributed by atoms with Crippen LogP contribution in [0.4, 0.5) is 0 Å². The standard InChI is InChI=1S/C21H29NO2/c1-2-3-4-5-6-7-8-9-10-11-14-17-15-12-13-16-18(17)19-20(24-19)21(22)23/h12-13,15-16,19-20H,2-10H2,1H3,(H2,22,23). The highest BCUT2D eigenvalue weighted by Crippen LogP contribution is 2.39. The minimum Gasteiger partial charge on any atom is -0.367 e. The average Bonchev–Trinajstić information content (AvgIpc) is 3.38. The van der Waals surface area contributed by atoms with Crippen molar-refractivity contribution in [2.75, 3.05) is 0 Å². The first-order valence-corrected chi connectivity index (χ1v) is 9.26. The first-order valence-electron chi connectivity index (χ1n) is 9.26. The van der Waals surface area contributed by atoms with E-state index < -0.39 is 12.0 Å². The van der Waals surface area contributed by atoms with Gasteiger partial charge in [0, 0.05) is 12.0 Å². The second kappa shape index (κ2) is 10.2. The van der Waals surface area contributed by atoms with Gasteiger partial charge in [-0.25, -0.2) is 0 Å². The van der Waals surface area contributed by atoms with Crippen molar-refractivity contribution in [2.45, 2.75) is 76.9 Å². The summed E-state index contributed by atoms with van der Waals surface area (Å²) in [6, 6.07) is 7.86. The van der Waals surface area contributed by atoms with Crippen LogP contribution in [0.3, 0.4) is 0 Å². The monoisotopic (exact) mass is 327 g/mol. The van der Waals surface area contributed by atoms with E-state index in [-0.39, 0.29) is 6.10 Å². The van der Waals surface area contributed by atoms with E-state index in [9.17, 15) is 4.79 Å². The topological polar surface area (TPSA) is 55.6 Å². The van der Waals surface area contributed by atoms with Crippen molar-refractivity contribution in [3.8, 4) is 11.8 Å². The molecule has 0 bridgehead atoms. The van der Waals surface area contributed by atoms with E-state index in [1.165, 1.54) is 44.9 Å². The Labute approximate surface area is 146 Å². The molecule has 1 amide bonds. The van der Waals surface area contributed by atoms with Gasteiger partial charge >= 0.3 is 0 Å². The van der Waals surface area contributed by atoms with Crippen molar-refractivity contribution in [3.63, 3.8) is 0 Å². The van der Waals surface area contributed by atoms with Crippen molar-refractivity contribution in [1.82, 2.24) is 0 Å². The van der Waals surface area contributed by atoms with Crippen molar-refractivity contribution in [2.24, 2.45) is 5.73 Å². The first kappa shape index (κ1) is 18.5. The molecule has 3 nitrogen and oxygen atoms in total. The average molecular weight is 327 g/mol. The van der Waals surface area contributed by atoms with Crippen LogP contribution in [0.2, 0.25) is 0 Å². The molecule has 0 aromatic heterocycles. The fourth-order valence-electron chi connectivity index (χ4n) is 2.93. The number of hydrogen-bond donors (Lipinski definition) is 1. The summed E-state index contributed by atoms with van der Waals surface area (Å²) in [6.07, 6.45) is 10.7. The van der Waals surface area contributed by atoms with Crippen LogP contribution >= 0.6 is 0 Å². The quantitative estimate of drug-likeness (QED) is 0.391. The van der Waals surface area contributed by atoms with Crippen LogP contribution in [-0.4, -0.2) is 12.0 Å². The van der Waals surface area contributed by atoms with Gasteiger partial charge in [-0.3, -0.25) is 4.79 Å². The number of unbranched alkanes of at least 4 members (excludes halogenated alkanes) is 8. The SMILES string of the molecule is CCCCCCCCCCC#Cc1ccccc1C1OC1C(N)=O. The molecule has 2 unspecified atom stereocenters. The van der Waals surface area contributed by atoms with Gasteiger partial charge in [0.25, 0.3) is 0 Å². The molecule has 1 aliphatic rings. The second-order valence-corrected chi connectivity index (χ2v) is 6.49. The van der Waals surface area contributed by atoms with Crippen LogP contribution in [0.1, 0.15) is 81.9 Å². The van der Waals surface area contributed by atoms with Crippen LogP contribution < -0.4 is 5.73 Å². The maximum atomic E-state index is 11.2. The van der Waals surface area contributed by atoms with Crippen molar-refractivity contribution >= 4 is 5.91 Å². The van der Waals surface area contributed by atoms with Crippen molar-refractivity contribution in [1.29, 1.82) is 0 Å². The molecule has 130 valence electrons. The Kier molecular flexibility index (Phi) is 7.85. The fraction of sp³-hybridized carbons (Fsp3) is 0.571. The lowest BCUT2D eigenvalue weighted by atomic mass is 10.0. The number of primary amides is 1. The highest BCUT2D eigenvalue weighted by atomic mass is 16.6. The fourth-order valence-corrected chi connectivity index (χ4v) is 2.93. The Morgan fingerprint density at radius 3 is 2.42 bits per heavy atom. The third-order valence-corrected chi connectivity index (χ3v) is 4.42. The van der Waals surface area contributed by atoms with Crippen molar-refractivity contribution in [3.05, 3.63) is 35.4 Å². The molecule has 2 rings (SSSR count). The van der Waals surface area contributed by atoms with Gasteiger partial charge in [0.2, 0.25) is 5.91 Å². The minimum atomic E-state index is -0.486.